The van der Waals surface area contributed by atoms with Gasteiger partial charge in [0.2, 0.25) is 0 Å². The van der Waals surface area contributed by atoms with E-state index in [1.54, 1.807) is 0 Å². The van der Waals surface area contributed by atoms with Crippen LogP contribution in [0.15, 0.2) is 24.3 Å². The van der Waals surface area contributed by atoms with Crippen LogP contribution in [0.3, 0.4) is 0 Å². The number of aliphatic carboxylic acids is 1. The topological polar surface area (TPSA) is 67.8 Å². The second-order valence-electron chi connectivity index (χ2n) is 2.96. The SMILES string of the molecule is CCc1ccc([NH3+])cc1.O=C([O-])C(F)(F)F. The van der Waals surface area contributed by atoms with Gasteiger partial charge in [0, 0.05) is 0 Å². The van der Waals surface area contributed by atoms with Crippen molar-refractivity contribution in [2.75, 3.05) is 0 Å². The first kappa shape index (κ1) is 14.4. The Bertz CT molecular complexity index is 333. The standard InChI is InChI=1S/C8H11N.C2HF3O2/c1-2-7-3-5-8(9)6-4-7;3-2(4,5)1(6)7/h3-6H,2,9H2,1H3;(H,6,7). The molecule has 0 aliphatic rings. The molecule has 6 heteroatoms. The number of benzene rings is 1. The van der Waals surface area contributed by atoms with E-state index < -0.39 is 12.1 Å². The third-order valence-corrected chi connectivity index (χ3v) is 1.66. The summed E-state index contributed by atoms with van der Waals surface area (Å²) in [5.74, 6) is -3.01. The van der Waals surface area contributed by atoms with E-state index in [4.69, 9.17) is 9.90 Å². The molecular weight excluding hydrogens is 223 g/mol. The summed E-state index contributed by atoms with van der Waals surface area (Å²) in [6, 6.07) is 8.31. The number of halogens is 3. The molecule has 0 saturated carbocycles. The zero-order valence-corrected chi connectivity index (χ0v) is 8.67. The molecule has 0 saturated heterocycles. The second-order valence-corrected chi connectivity index (χ2v) is 2.96. The largest absolute Gasteiger partial charge is 0.542 e. The first-order chi connectivity index (χ1) is 7.27. The Morgan fingerprint density at radius 2 is 1.69 bits per heavy atom. The van der Waals surface area contributed by atoms with Crippen molar-refractivity contribution in [2.45, 2.75) is 19.5 Å². The van der Waals surface area contributed by atoms with Crippen molar-refractivity contribution in [3.05, 3.63) is 29.8 Å². The molecule has 0 radical (unpaired) electrons. The molecule has 0 unspecified atom stereocenters. The molecule has 0 heterocycles. The summed E-state index contributed by atoms with van der Waals surface area (Å²) in [7, 11) is 0. The van der Waals surface area contributed by atoms with Crippen molar-refractivity contribution in [2.24, 2.45) is 0 Å². The van der Waals surface area contributed by atoms with Gasteiger partial charge in [0.15, 0.2) is 0 Å². The van der Waals surface area contributed by atoms with Gasteiger partial charge in [0.05, 0.1) is 0 Å². The van der Waals surface area contributed by atoms with E-state index in [1.165, 1.54) is 5.56 Å². The third-order valence-electron chi connectivity index (χ3n) is 1.66. The number of carbonyl (C=O) groups excluding carboxylic acids is 1. The maximum atomic E-state index is 10.5. The molecule has 0 fully saturated rings. The maximum absolute atomic E-state index is 10.5. The number of aryl methyl sites for hydroxylation is 1. The summed E-state index contributed by atoms with van der Waals surface area (Å²) in [5.41, 5.74) is 6.26. The molecule has 0 aliphatic heterocycles. The fraction of sp³-hybridized carbons (Fsp3) is 0.300. The number of rotatable bonds is 1. The molecular formula is C10H12F3NO2. The van der Waals surface area contributed by atoms with Crippen molar-refractivity contribution in [3.8, 4) is 0 Å². The number of quaternary nitrogens is 1. The van der Waals surface area contributed by atoms with E-state index >= 15 is 0 Å². The van der Waals surface area contributed by atoms with E-state index in [0.29, 0.717) is 0 Å². The number of carboxylic acid groups (broad SMARTS) is 1. The Labute approximate surface area is 90.7 Å². The van der Waals surface area contributed by atoms with E-state index in [0.717, 1.165) is 12.1 Å². The van der Waals surface area contributed by atoms with Crippen molar-refractivity contribution in [1.82, 2.24) is 0 Å². The van der Waals surface area contributed by atoms with Crippen LogP contribution in [0.2, 0.25) is 0 Å². The van der Waals surface area contributed by atoms with Crippen LogP contribution in [0.5, 0.6) is 0 Å². The minimum absolute atomic E-state index is 1.09. The van der Waals surface area contributed by atoms with Crippen LogP contribution in [0, 0.1) is 0 Å². The lowest BCUT2D eigenvalue weighted by Gasteiger charge is -2.03. The average Bonchev–Trinajstić information content (AvgIpc) is 2.18. The van der Waals surface area contributed by atoms with Gasteiger partial charge in [-0.2, -0.15) is 13.2 Å². The zero-order valence-electron chi connectivity index (χ0n) is 8.67. The second kappa shape index (κ2) is 6.12. The van der Waals surface area contributed by atoms with Crippen LogP contribution in [0.1, 0.15) is 12.5 Å². The van der Waals surface area contributed by atoms with Crippen LogP contribution >= 0.6 is 0 Å². The molecule has 3 nitrogen and oxygen atoms in total. The first-order valence-corrected chi connectivity index (χ1v) is 4.46. The lowest BCUT2D eigenvalue weighted by molar-refractivity contribution is -0.344. The number of hydrogen-bond donors (Lipinski definition) is 1. The van der Waals surface area contributed by atoms with Gasteiger partial charge in [-0.15, -0.1) is 0 Å². The minimum Gasteiger partial charge on any atom is -0.542 e. The highest BCUT2D eigenvalue weighted by atomic mass is 19.4. The highest BCUT2D eigenvalue weighted by Crippen LogP contribution is 2.11. The predicted molar refractivity (Wildman–Crippen MR) is 49.4 cm³/mol. The van der Waals surface area contributed by atoms with Gasteiger partial charge < -0.3 is 15.6 Å². The minimum atomic E-state index is -5.19. The normalized spacial score (nSPS) is 10.3. The van der Waals surface area contributed by atoms with Crippen LogP contribution in [0.4, 0.5) is 18.9 Å². The Kier molecular flexibility index (Phi) is 5.52. The highest BCUT2D eigenvalue weighted by Gasteiger charge is 2.28. The number of alkyl halides is 3. The van der Waals surface area contributed by atoms with Crippen molar-refractivity contribution in [3.63, 3.8) is 0 Å². The number of carbonyl (C=O) groups is 1. The van der Waals surface area contributed by atoms with Gasteiger partial charge in [0.1, 0.15) is 11.7 Å². The quantitative estimate of drug-likeness (QED) is 0.766. The molecule has 0 aromatic heterocycles. The molecule has 1 aromatic carbocycles. The van der Waals surface area contributed by atoms with Crippen molar-refractivity contribution in [1.29, 1.82) is 0 Å². The van der Waals surface area contributed by atoms with Gasteiger partial charge in [-0.25, -0.2) is 0 Å². The lowest BCUT2D eigenvalue weighted by atomic mass is 10.2. The Hall–Kier alpha value is -1.56. The molecule has 3 N–H and O–H groups in total. The summed E-state index contributed by atoms with van der Waals surface area (Å²) < 4.78 is 31.5. The summed E-state index contributed by atoms with van der Waals surface area (Å²) >= 11 is 0. The number of hydrogen-bond acceptors (Lipinski definition) is 2. The smallest absolute Gasteiger partial charge is 0.430 e. The number of carboxylic acids is 1. The fourth-order valence-corrected chi connectivity index (χ4v) is 0.775. The zero-order chi connectivity index (χ0) is 12.8. The van der Waals surface area contributed by atoms with Gasteiger partial charge >= 0.3 is 6.18 Å². The fourth-order valence-electron chi connectivity index (χ4n) is 0.775. The van der Waals surface area contributed by atoms with Crippen LogP contribution in [0.25, 0.3) is 0 Å². The Balaban J connectivity index is 0.000000293. The molecule has 0 aliphatic carbocycles. The third kappa shape index (κ3) is 6.02. The Morgan fingerprint density at radius 1 is 1.31 bits per heavy atom. The van der Waals surface area contributed by atoms with E-state index in [9.17, 15) is 13.2 Å². The Morgan fingerprint density at radius 3 is 1.94 bits per heavy atom. The molecule has 0 bridgehead atoms. The molecule has 0 atom stereocenters. The average molecular weight is 235 g/mol. The molecule has 16 heavy (non-hydrogen) atoms. The van der Waals surface area contributed by atoms with Crippen molar-refractivity contribution >= 4 is 11.7 Å². The molecule has 90 valence electrons. The van der Waals surface area contributed by atoms with Crippen LogP contribution in [-0.2, 0) is 11.2 Å². The van der Waals surface area contributed by atoms with Gasteiger partial charge in [-0.1, -0.05) is 19.1 Å². The van der Waals surface area contributed by atoms with Crippen molar-refractivity contribution < 1.29 is 28.8 Å². The predicted octanol–water partition coefficient (Wildman–Crippen LogP) is 0.421. The van der Waals surface area contributed by atoms with E-state index in [2.05, 4.69) is 24.8 Å². The molecule has 1 aromatic rings. The lowest BCUT2D eigenvalue weighted by Crippen LogP contribution is -2.39. The molecule has 0 spiro atoms. The van der Waals surface area contributed by atoms with E-state index in [1.807, 2.05) is 12.1 Å². The summed E-state index contributed by atoms with van der Waals surface area (Å²) in [5, 5.41) is 8.78. The van der Waals surface area contributed by atoms with E-state index in [-0.39, 0.29) is 0 Å². The van der Waals surface area contributed by atoms with Gasteiger partial charge in [-0.3, -0.25) is 0 Å². The first-order valence-electron chi connectivity index (χ1n) is 4.46. The molecule has 1 rings (SSSR count). The van der Waals surface area contributed by atoms with Crippen LogP contribution in [-0.4, -0.2) is 12.1 Å². The highest BCUT2D eigenvalue weighted by molar-refractivity contribution is 5.70. The maximum Gasteiger partial charge on any atom is 0.430 e. The van der Waals surface area contributed by atoms with Crippen LogP contribution < -0.4 is 10.8 Å². The van der Waals surface area contributed by atoms with Gasteiger partial charge in [-0.05, 0) is 24.1 Å². The summed E-state index contributed by atoms with van der Waals surface area (Å²) in [4.78, 5) is 8.78. The molecule has 0 amide bonds. The summed E-state index contributed by atoms with van der Waals surface area (Å²) in [6.45, 7) is 2.15. The van der Waals surface area contributed by atoms with Gasteiger partial charge in [0.25, 0.3) is 0 Å². The summed E-state index contributed by atoms with van der Waals surface area (Å²) in [6.07, 6.45) is -4.08. The monoisotopic (exact) mass is 235 g/mol.